The van der Waals surface area contributed by atoms with E-state index in [1.165, 1.54) is 0 Å². The minimum Gasteiger partial charge on any atom is -0.494 e. The smallest absolute Gasteiger partial charge is 0.244 e. The maximum absolute atomic E-state index is 12.3. The number of hydrogen-bond donors (Lipinski definition) is 1. The van der Waals surface area contributed by atoms with Crippen molar-refractivity contribution in [2.24, 2.45) is 5.10 Å². The van der Waals surface area contributed by atoms with Crippen LogP contribution < -0.4 is 10.2 Å². The van der Waals surface area contributed by atoms with Crippen LogP contribution in [0.4, 0.5) is 0 Å². The number of carbonyl (C=O) groups is 1. The highest BCUT2D eigenvalue weighted by atomic mass is 16.5. The fraction of sp³-hybridized carbons (Fsp3) is 0.182. The normalized spacial score (nSPS) is 11.4. The number of carbonyl (C=O) groups excluding carboxylic acids is 1. The van der Waals surface area contributed by atoms with E-state index < -0.39 is 0 Å². The maximum Gasteiger partial charge on any atom is 0.244 e. The molecule has 0 heterocycles. The average Bonchev–Trinajstić information content (AvgIpc) is 2.67. The molecular formula is C22H22N2O2. The highest BCUT2D eigenvalue weighted by Gasteiger charge is 2.07. The minimum absolute atomic E-state index is 0.133. The van der Waals surface area contributed by atoms with E-state index >= 15 is 0 Å². The molecule has 4 nitrogen and oxygen atoms in total. The van der Waals surface area contributed by atoms with Gasteiger partial charge >= 0.3 is 0 Å². The first-order chi connectivity index (χ1) is 12.7. The summed E-state index contributed by atoms with van der Waals surface area (Å²) in [6.07, 6.45) is 0.293. The Bertz CT molecular complexity index is 925. The molecule has 1 N–H and O–H groups in total. The van der Waals surface area contributed by atoms with Crippen LogP contribution in [0.2, 0.25) is 0 Å². The Morgan fingerprint density at radius 2 is 1.73 bits per heavy atom. The third kappa shape index (κ3) is 4.28. The lowest BCUT2D eigenvalue weighted by molar-refractivity contribution is -0.120. The van der Waals surface area contributed by atoms with Crippen molar-refractivity contribution in [3.8, 4) is 5.75 Å². The highest BCUT2D eigenvalue weighted by Crippen LogP contribution is 2.19. The minimum atomic E-state index is -0.133. The van der Waals surface area contributed by atoms with Crippen molar-refractivity contribution in [2.45, 2.75) is 20.3 Å². The van der Waals surface area contributed by atoms with Crippen LogP contribution in [0, 0.1) is 0 Å². The van der Waals surface area contributed by atoms with Crippen molar-refractivity contribution in [1.82, 2.24) is 5.43 Å². The lowest BCUT2D eigenvalue weighted by atomic mass is 10.0. The Balaban J connectivity index is 1.66. The molecule has 4 heteroatoms. The first-order valence-corrected chi connectivity index (χ1v) is 8.70. The van der Waals surface area contributed by atoms with Gasteiger partial charge in [0.2, 0.25) is 5.91 Å². The van der Waals surface area contributed by atoms with E-state index in [0.717, 1.165) is 33.4 Å². The molecule has 0 bridgehead atoms. The molecule has 0 saturated heterocycles. The summed E-state index contributed by atoms with van der Waals surface area (Å²) < 4.78 is 5.43. The number of nitrogens with one attached hydrogen (secondary N) is 1. The number of hydrazone groups is 1. The Kier molecular flexibility index (Phi) is 5.64. The van der Waals surface area contributed by atoms with Crippen molar-refractivity contribution >= 4 is 22.4 Å². The summed E-state index contributed by atoms with van der Waals surface area (Å²) in [5.74, 6) is 0.690. The predicted molar refractivity (Wildman–Crippen MR) is 106 cm³/mol. The molecule has 26 heavy (non-hydrogen) atoms. The van der Waals surface area contributed by atoms with Gasteiger partial charge in [-0.2, -0.15) is 5.10 Å². The summed E-state index contributed by atoms with van der Waals surface area (Å²) in [5, 5.41) is 6.45. The molecule has 0 aromatic heterocycles. The van der Waals surface area contributed by atoms with Gasteiger partial charge in [-0.05, 0) is 60.0 Å². The van der Waals surface area contributed by atoms with Crippen LogP contribution in [0.3, 0.4) is 0 Å². The zero-order valence-corrected chi connectivity index (χ0v) is 15.0. The van der Waals surface area contributed by atoms with Crippen LogP contribution in [0.5, 0.6) is 5.75 Å². The fourth-order valence-electron chi connectivity index (χ4n) is 2.83. The summed E-state index contributed by atoms with van der Waals surface area (Å²) in [7, 11) is 0. The Morgan fingerprint density at radius 3 is 2.50 bits per heavy atom. The first kappa shape index (κ1) is 17.7. The Labute approximate surface area is 153 Å². The molecule has 132 valence electrons. The molecule has 3 aromatic rings. The van der Waals surface area contributed by atoms with Gasteiger partial charge in [-0.25, -0.2) is 5.43 Å². The van der Waals surface area contributed by atoms with Gasteiger partial charge in [0.05, 0.1) is 18.7 Å². The van der Waals surface area contributed by atoms with Gasteiger partial charge in [-0.15, -0.1) is 0 Å². The SMILES string of the molecule is CCOc1ccc(/C(C)=N\NC(=O)Cc2cccc3ccccc23)cc1. The van der Waals surface area contributed by atoms with Crippen molar-refractivity contribution in [3.05, 3.63) is 77.9 Å². The standard InChI is InChI=1S/C22H22N2O2/c1-3-26-20-13-11-17(12-14-20)16(2)23-24-22(25)15-19-9-6-8-18-7-4-5-10-21(18)19/h4-14H,3,15H2,1-2H3,(H,24,25)/b23-16-. The van der Waals surface area contributed by atoms with E-state index in [4.69, 9.17) is 4.74 Å². The third-order valence-electron chi connectivity index (χ3n) is 4.16. The second-order valence-electron chi connectivity index (χ2n) is 6.00. The van der Waals surface area contributed by atoms with Crippen molar-refractivity contribution in [3.63, 3.8) is 0 Å². The fourth-order valence-corrected chi connectivity index (χ4v) is 2.83. The molecule has 0 atom stereocenters. The molecule has 0 aliphatic rings. The molecule has 0 radical (unpaired) electrons. The molecule has 0 saturated carbocycles. The number of hydrogen-bond acceptors (Lipinski definition) is 3. The number of benzene rings is 3. The average molecular weight is 346 g/mol. The lowest BCUT2D eigenvalue weighted by Crippen LogP contribution is -2.21. The number of rotatable bonds is 6. The van der Waals surface area contributed by atoms with E-state index in [0.29, 0.717) is 13.0 Å². The van der Waals surface area contributed by atoms with E-state index in [2.05, 4.69) is 10.5 Å². The quantitative estimate of drug-likeness (QED) is 0.534. The zero-order chi connectivity index (χ0) is 18.4. The second kappa shape index (κ2) is 8.30. The molecule has 0 aliphatic heterocycles. The summed E-state index contributed by atoms with van der Waals surface area (Å²) in [4.78, 5) is 12.3. The molecule has 0 fully saturated rings. The van der Waals surface area contributed by atoms with Crippen molar-refractivity contribution < 1.29 is 9.53 Å². The van der Waals surface area contributed by atoms with Crippen LogP contribution in [0.15, 0.2) is 71.8 Å². The second-order valence-corrected chi connectivity index (χ2v) is 6.00. The third-order valence-corrected chi connectivity index (χ3v) is 4.16. The van der Waals surface area contributed by atoms with Gasteiger partial charge in [0.25, 0.3) is 0 Å². The zero-order valence-electron chi connectivity index (χ0n) is 15.0. The summed E-state index contributed by atoms with van der Waals surface area (Å²) in [6.45, 7) is 4.45. The number of nitrogens with zero attached hydrogens (tertiary/aromatic N) is 1. The van der Waals surface area contributed by atoms with Crippen LogP contribution >= 0.6 is 0 Å². The lowest BCUT2D eigenvalue weighted by Gasteiger charge is -2.07. The Hall–Kier alpha value is -3.14. The predicted octanol–water partition coefficient (Wildman–Crippen LogP) is 4.32. The molecule has 0 unspecified atom stereocenters. The molecule has 3 aromatic carbocycles. The maximum atomic E-state index is 12.3. The molecule has 0 aliphatic carbocycles. The van der Waals surface area contributed by atoms with Crippen LogP contribution in [0.1, 0.15) is 25.0 Å². The highest BCUT2D eigenvalue weighted by molar-refractivity contribution is 5.99. The van der Waals surface area contributed by atoms with E-state index in [-0.39, 0.29) is 5.91 Å². The van der Waals surface area contributed by atoms with Crippen LogP contribution in [-0.4, -0.2) is 18.2 Å². The van der Waals surface area contributed by atoms with E-state index in [1.54, 1.807) is 0 Å². The first-order valence-electron chi connectivity index (χ1n) is 8.70. The summed E-state index contributed by atoms with van der Waals surface area (Å²) in [5.41, 5.74) is 5.34. The van der Waals surface area contributed by atoms with Gasteiger partial charge in [-0.3, -0.25) is 4.79 Å². The summed E-state index contributed by atoms with van der Waals surface area (Å²) >= 11 is 0. The van der Waals surface area contributed by atoms with E-state index in [9.17, 15) is 4.79 Å². The van der Waals surface area contributed by atoms with Crippen molar-refractivity contribution in [1.29, 1.82) is 0 Å². The topological polar surface area (TPSA) is 50.7 Å². The molecule has 3 rings (SSSR count). The molecule has 1 amide bonds. The number of fused-ring (bicyclic) bond motifs is 1. The van der Waals surface area contributed by atoms with E-state index in [1.807, 2.05) is 80.6 Å². The van der Waals surface area contributed by atoms with Crippen LogP contribution in [-0.2, 0) is 11.2 Å². The number of amides is 1. The monoisotopic (exact) mass is 346 g/mol. The van der Waals surface area contributed by atoms with Gasteiger partial charge in [0.15, 0.2) is 0 Å². The van der Waals surface area contributed by atoms with Gasteiger partial charge in [0, 0.05) is 0 Å². The summed E-state index contributed by atoms with van der Waals surface area (Å²) in [6, 6.07) is 21.7. The Morgan fingerprint density at radius 1 is 1.00 bits per heavy atom. The van der Waals surface area contributed by atoms with Crippen LogP contribution in [0.25, 0.3) is 10.8 Å². The largest absolute Gasteiger partial charge is 0.494 e. The van der Waals surface area contributed by atoms with Gasteiger partial charge in [0.1, 0.15) is 5.75 Å². The van der Waals surface area contributed by atoms with Crippen molar-refractivity contribution in [2.75, 3.05) is 6.61 Å². The number of ether oxygens (including phenoxy) is 1. The van der Waals surface area contributed by atoms with Gasteiger partial charge in [-0.1, -0.05) is 42.5 Å². The van der Waals surface area contributed by atoms with Gasteiger partial charge < -0.3 is 4.74 Å². The molecular weight excluding hydrogens is 324 g/mol. The molecule has 0 spiro atoms.